The number of anilines is 2. The van der Waals surface area contributed by atoms with Gasteiger partial charge in [-0.15, -0.1) is 0 Å². The van der Waals surface area contributed by atoms with Crippen molar-refractivity contribution in [2.45, 2.75) is 26.7 Å². The normalized spacial score (nSPS) is 10.4. The predicted molar refractivity (Wildman–Crippen MR) is 112 cm³/mol. The smallest absolute Gasteiger partial charge is 0.243 e. The van der Waals surface area contributed by atoms with Crippen molar-refractivity contribution >= 4 is 17.3 Å². The highest BCUT2D eigenvalue weighted by Gasteiger charge is 2.04. The third kappa shape index (κ3) is 8.31. The van der Waals surface area contributed by atoms with Crippen molar-refractivity contribution < 1.29 is 19.0 Å². The second-order valence-corrected chi connectivity index (χ2v) is 6.20. The maximum absolute atomic E-state index is 12.2. The SMILES string of the molecule is CCCCOc1cccc(NC(=O)CNc2ccc(OCCOCC)cc2)c1. The maximum Gasteiger partial charge on any atom is 0.243 e. The monoisotopic (exact) mass is 386 g/mol. The number of carbonyl (C=O) groups is 1. The molecular weight excluding hydrogens is 356 g/mol. The minimum absolute atomic E-state index is 0.122. The largest absolute Gasteiger partial charge is 0.494 e. The number of unbranched alkanes of at least 4 members (excludes halogenated alkanes) is 1. The van der Waals surface area contributed by atoms with Gasteiger partial charge >= 0.3 is 0 Å². The maximum atomic E-state index is 12.2. The Bertz CT molecular complexity index is 704. The summed E-state index contributed by atoms with van der Waals surface area (Å²) in [6.45, 7) is 6.70. The summed E-state index contributed by atoms with van der Waals surface area (Å²) < 4.78 is 16.5. The van der Waals surface area contributed by atoms with Gasteiger partial charge in [0.2, 0.25) is 5.91 Å². The average Bonchev–Trinajstić information content (AvgIpc) is 2.71. The molecule has 2 rings (SSSR count). The average molecular weight is 386 g/mol. The van der Waals surface area contributed by atoms with E-state index < -0.39 is 0 Å². The first-order valence-electron chi connectivity index (χ1n) is 9.78. The second kappa shape index (κ2) is 12.6. The van der Waals surface area contributed by atoms with Gasteiger partial charge in [0, 0.05) is 24.0 Å². The van der Waals surface area contributed by atoms with E-state index in [2.05, 4.69) is 17.6 Å². The van der Waals surface area contributed by atoms with Gasteiger partial charge in [-0.3, -0.25) is 4.79 Å². The van der Waals surface area contributed by atoms with Crippen LogP contribution in [0, 0.1) is 0 Å². The van der Waals surface area contributed by atoms with Crippen molar-refractivity contribution in [2.24, 2.45) is 0 Å². The Balaban J connectivity index is 1.74. The molecule has 0 atom stereocenters. The number of benzene rings is 2. The summed E-state index contributed by atoms with van der Waals surface area (Å²) in [7, 11) is 0. The quantitative estimate of drug-likeness (QED) is 0.502. The van der Waals surface area contributed by atoms with E-state index in [1.54, 1.807) is 0 Å². The van der Waals surface area contributed by atoms with E-state index >= 15 is 0 Å². The van der Waals surface area contributed by atoms with E-state index in [0.29, 0.717) is 26.4 Å². The first kappa shape index (κ1) is 21.6. The van der Waals surface area contributed by atoms with E-state index in [4.69, 9.17) is 14.2 Å². The van der Waals surface area contributed by atoms with Gasteiger partial charge in [-0.2, -0.15) is 0 Å². The van der Waals surface area contributed by atoms with Gasteiger partial charge in [0.1, 0.15) is 18.1 Å². The summed E-state index contributed by atoms with van der Waals surface area (Å²) in [6.07, 6.45) is 2.10. The van der Waals surface area contributed by atoms with Crippen LogP contribution in [0.4, 0.5) is 11.4 Å². The van der Waals surface area contributed by atoms with Gasteiger partial charge in [-0.25, -0.2) is 0 Å². The van der Waals surface area contributed by atoms with Crippen LogP contribution < -0.4 is 20.1 Å². The second-order valence-electron chi connectivity index (χ2n) is 6.20. The highest BCUT2D eigenvalue weighted by Crippen LogP contribution is 2.18. The van der Waals surface area contributed by atoms with Crippen molar-refractivity contribution in [1.29, 1.82) is 0 Å². The van der Waals surface area contributed by atoms with E-state index in [1.807, 2.05) is 55.5 Å². The van der Waals surface area contributed by atoms with E-state index in [9.17, 15) is 4.79 Å². The van der Waals surface area contributed by atoms with Crippen LogP contribution in [0.5, 0.6) is 11.5 Å². The van der Waals surface area contributed by atoms with Crippen LogP contribution in [0.1, 0.15) is 26.7 Å². The molecule has 0 aromatic heterocycles. The fourth-order valence-corrected chi connectivity index (χ4v) is 2.42. The number of nitrogens with one attached hydrogen (secondary N) is 2. The molecule has 0 heterocycles. The first-order chi connectivity index (χ1) is 13.7. The number of rotatable bonds is 13. The summed E-state index contributed by atoms with van der Waals surface area (Å²) >= 11 is 0. The molecule has 0 unspecified atom stereocenters. The van der Waals surface area contributed by atoms with Crippen molar-refractivity contribution in [2.75, 3.05) is 43.6 Å². The lowest BCUT2D eigenvalue weighted by atomic mass is 10.3. The van der Waals surface area contributed by atoms with Crippen LogP contribution in [-0.2, 0) is 9.53 Å². The lowest BCUT2D eigenvalue weighted by Crippen LogP contribution is -2.21. The van der Waals surface area contributed by atoms with Gasteiger partial charge in [0.15, 0.2) is 0 Å². The molecule has 6 heteroatoms. The zero-order valence-electron chi connectivity index (χ0n) is 16.7. The molecule has 0 radical (unpaired) electrons. The molecule has 2 aromatic rings. The van der Waals surface area contributed by atoms with Crippen LogP contribution in [0.2, 0.25) is 0 Å². The fraction of sp³-hybridized carbons (Fsp3) is 0.409. The number of hydrogen-bond acceptors (Lipinski definition) is 5. The predicted octanol–water partition coefficient (Wildman–Crippen LogP) is 4.33. The molecule has 0 aliphatic carbocycles. The Kier molecular flexibility index (Phi) is 9.72. The highest BCUT2D eigenvalue weighted by molar-refractivity contribution is 5.93. The van der Waals surface area contributed by atoms with Gasteiger partial charge in [0.05, 0.1) is 19.8 Å². The summed E-state index contributed by atoms with van der Waals surface area (Å²) in [6, 6.07) is 14.9. The summed E-state index contributed by atoms with van der Waals surface area (Å²) in [5.74, 6) is 1.41. The molecule has 2 N–H and O–H groups in total. The highest BCUT2D eigenvalue weighted by atomic mass is 16.5. The first-order valence-corrected chi connectivity index (χ1v) is 9.78. The Morgan fingerprint density at radius 1 is 0.893 bits per heavy atom. The zero-order chi connectivity index (χ0) is 20.0. The summed E-state index contributed by atoms with van der Waals surface area (Å²) in [5, 5.41) is 5.98. The van der Waals surface area contributed by atoms with E-state index in [-0.39, 0.29) is 12.5 Å². The van der Waals surface area contributed by atoms with Crippen LogP contribution in [0.3, 0.4) is 0 Å². The number of amides is 1. The molecular formula is C22H30N2O4. The summed E-state index contributed by atoms with van der Waals surface area (Å²) in [5.41, 5.74) is 1.57. The van der Waals surface area contributed by atoms with Crippen molar-refractivity contribution in [3.63, 3.8) is 0 Å². The molecule has 2 aromatic carbocycles. The summed E-state index contributed by atoms with van der Waals surface area (Å²) in [4.78, 5) is 12.2. The minimum atomic E-state index is -0.122. The van der Waals surface area contributed by atoms with E-state index in [1.165, 1.54) is 0 Å². The van der Waals surface area contributed by atoms with Gasteiger partial charge in [-0.05, 0) is 49.7 Å². The van der Waals surface area contributed by atoms with Gasteiger partial charge < -0.3 is 24.8 Å². The molecule has 1 amide bonds. The molecule has 0 fully saturated rings. The molecule has 6 nitrogen and oxygen atoms in total. The third-order valence-electron chi connectivity index (χ3n) is 3.89. The molecule has 0 bridgehead atoms. The van der Waals surface area contributed by atoms with Crippen molar-refractivity contribution in [1.82, 2.24) is 0 Å². The topological polar surface area (TPSA) is 68.8 Å². The van der Waals surface area contributed by atoms with E-state index in [0.717, 1.165) is 35.7 Å². The third-order valence-corrected chi connectivity index (χ3v) is 3.89. The van der Waals surface area contributed by atoms with Crippen molar-refractivity contribution in [3.05, 3.63) is 48.5 Å². The zero-order valence-corrected chi connectivity index (χ0v) is 16.7. The molecule has 0 saturated heterocycles. The van der Waals surface area contributed by atoms with Crippen LogP contribution >= 0.6 is 0 Å². The fourth-order valence-electron chi connectivity index (χ4n) is 2.42. The van der Waals surface area contributed by atoms with Gasteiger partial charge in [-0.1, -0.05) is 19.4 Å². The molecule has 28 heavy (non-hydrogen) atoms. The molecule has 0 saturated carbocycles. The molecule has 0 spiro atoms. The minimum Gasteiger partial charge on any atom is -0.494 e. The van der Waals surface area contributed by atoms with Gasteiger partial charge in [0.25, 0.3) is 0 Å². The number of ether oxygens (including phenoxy) is 3. The Morgan fingerprint density at radius 3 is 2.43 bits per heavy atom. The van der Waals surface area contributed by atoms with Crippen LogP contribution in [0.15, 0.2) is 48.5 Å². The lowest BCUT2D eigenvalue weighted by molar-refractivity contribution is -0.114. The molecule has 0 aliphatic heterocycles. The lowest BCUT2D eigenvalue weighted by Gasteiger charge is -2.11. The Hall–Kier alpha value is -2.73. The molecule has 152 valence electrons. The Morgan fingerprint density at radius 2 is 1.68 bits per heavy atom. The van der Waals surface area contributed by atoms with Crippen LogP contribution in [-0.4, -0.2) is 38.9 Å². The molecule has 0 aliphatic rings. The Labute approximate surface area is 167 Å². The van der Waals surface area contributed by atoms with Crippen LogP contribution in [0.25, 0.3) is 0 Å². The standard InChI is InChI=1S/C22H30N2O4/c1-3-5-13-27-21-8-6-7-19(16-21)24-22(25)17-23-18-9-11-20(12-10-18)28-15-14-26-4-2/h6-12,16,23H,3-5,13-15,17H2,1-2H3,(H,24,25). The van der Waals surface area contributed by atoms with Crippen molar-refractivity contribution in [3.8, 4) is 11.5 Å². The number of hydrogen-bond donors (Lipinski definition) is 2. The number of carbonyl (C=O) groups excluding carboxylic acids is 1.